The molecule has 2 aliphatic heterocycles. The maximum atomic E-state index is 12.8. The number of hydrogen-bond acceptors (Lipinski definition) is 5. The van der Waals surface area contributed by atoms with E-state index in [0.717, 1.165) is 29.4 Å². The summed E-state index contributed by atoms with van der Waals surface area (Å²) in [7, 11) is 0. The van der Waals surface area contributed by atoms with Crippen LogP contribution in [0.1, 0.15) is 48.3 Å². The van der Waals surface area contributed by atoms with Crippen molar-refractivity contribution in [2.24, 2.45) is 11.3 Å². The summed E-state index contributed by atoms with van der Waals surface area (Å²) in [4.78, 5) is 34.1. The van der Waals surface area contributed by atoms with Crippen LogP contribution >= 0.6 is 11.3 Å². The molecule has 0 saturated carbocycles. The summed E-state index contributed by atoms with van der Waals surface area (Å²) in [5, 5.41) is 4.45. The Morgan fingerprint density at radius 2 is 1.77 bits per heavy atom. The molecule has 0 aromatic carbocycles. The van der Waals surface area contributed by atoms with E-state index in [2.05, 4.69) is 10.3 Å². The number of rotatable bonds is 3. The number of aromatic nitrogens is 1. The van der Waals surface area contributed by atoms with Gasteiger partial charge in [-0.25, -0.2) is 4.98 Å². The van der Waals surface area contributed by atoms with Gasteiger partial charge in [-0.15, -0.1) is 11.3 Å². The van der Waals surface area contributed by atoms with Gasteiger partial charge in [0.15, 0.2) is 0 Å². The van der Waals surface area contributed by atoms with Crippen LogP contribution in [0.3, 0.4) is 0 Å². The molecule has 3 heterocycles. The molecular weight excluding hydrogens is 348 g/mol. The molecule has 7 heteroatoms. The lowest BCUT2D eigenvalue weighted by Gasteiger charge is -2.37. The van der Waals surface area contributed by atoms with Crippen LogP contribution in [0.25, 0.3) is 0 Å². The van der Waals surface area contributed by atoms with E-state index in [4.69, 9.17) is 0 Å². The van der Waals surface area contributed by atoms with Crippen molar-refractivity contribution in [3.8, 4) is 0 Å². The summed E-state index contributed by atoms with van der Waals surface area (Å²) in [5.74, 6) is 0.894. The summed E-state index contributed by atoms with van der Waals surface area (Å²) in [6, 6.07) is 0. The number of carbonyl (C=O) groups excluding carboxylic acids is 2. The fourth-order valence-electron chi connectivity index (χ4n) is 3.58. The zero-order chi connectivity index (χ0) is 18.7. The Kier molecular flexibility index (Phi) is 5.97. The van der Waals surface area contributed by atoms with Crippen molar-refractivity contribution < 1.29 is 9.59 Å². The number of piperazine rings is 1. The highest BCUT2D eigenvalue weighted by Gasteiger charge is 2.31. The van der Waals surface area contributed by atoms with Gasteiger partial charge in [0.05, 0.1) is 11.2 Å². The minimum Gasteiger partial charge on any atom is -0.339 e. The zero-order valence-corrected chi connectivity index (χ0v) is 16.9. The van der Waals surface area contributed by atoms with Crippen molar-refractivity contribution >= 4 is 23.2 Å². The third-order valence-corrected chi connectivity index (χ3v) is 6.19. The lowest BCUT2D eigenvalue weighted by atomic mass is 9.94. The van der Waals surface area contributed by atoms with Gasteiger partial charge >= 0.3 is 0 Å². The number of amides is 2. The van der Waals surface area contributed by atoms with E-state index in [1.807, 2.05) is 30.6 Å². The van der Waals surface area contributed by atoms with Crippen LogP contribution in [0.15, 0.2) is 6.20 Å². The first-order valence-electron chi connectivity index (χ1n) is 9.58. The van der Waals surface area contributed by atoms with E-state index in [0.29, 0.717) is 32.1 Å². The molecule has 0 bridgehead atoms. The monoisotopic (exact) mass is 378 g/mol. The van der Waals surface area contributed by atoms with Crippen LogP contribution in [0, 0.1) is 11.3 Å². The minimum atomic E-state index is -0.368. The molecule has 0 atom stereocenters. The van der Waals surface area contributed by atoms with E-state index in [9.17, 15) is 9.59 Å². The van der Waals surface area contributed by atoms with Gasteiger partial charge in [-0.2, -0.15) is 0 Å². The molecule has 6 nitrogen and oxygen atoms in total. The first kappa shape index (κ1) is 19.3. The van der Waals surface area contributed by atoms with E-state index in [1.54, 1.807) is 6.20 Å². The van der Waals surface area contributed by atoms with Gasteiger partial charge in [-0.1, -0.05) is 20.8 Å². The molecule has 3 rings (SSSR count). The Bertz CT molecular complexity index is 638. The lowest BCUT2D eigenvalue weighted by molar-refractivity contribution is -0.140. The van der Waals surface area contributed by atoms with Gasteiger partial charge < -0.3 is 15.1 Å². The van der Waals surface area contributed by atoms with E-state index >= 15 is 0 Å². The van der Waals surface area contributed by atoms with Crippen LogP contribution in [0.4, 0.5) is 0 Å². The first-order chi connectivity index (χ1) is 12.3. The minimum absolute atomic E-state index is 0.0573. The predicted molar refractivity (Wildman–Crippen MR) is 103 cm³/mol. The molecule has 1 aromatic heterocycles. The number of carbonyl (C=O) groups is 2. The molecule has 0 radical (unpaired) electrons. The summed E-state index contributed by atoms with van der Waals surface area (Å²) in [5.41, 5.74) is -0.368. The Morgan fingerprint density at radius 1 is 1.15 bits per heavy atom. The number of nitrogens with zero attached hydrogens (tertiary/aromatic N) is 3. The first-order valence-corrected chi connectivity index (χ1v) is 10.4. The summed E-state index contributed by atoms with van der Waals surface area (Å²) in [6.07, 6.45) is 5.09. The fourth-order valence-corrected chi connectivity index (χ4v) is 4.58. The van der Waals surface area contributed by atoms with Crippen molar-refractivity contribution in [1.82, 2.24) is 20.1 Å². The molecule has 0 spiro atoms. The predicted octanol–water partition coefficient (Wildman–Crippen LogP) is 2.02. The molecule has 2 fully saturated rings. The molecular formula is C19H30N4O2S. The number of hydrogen-bond donors (Lipinski definition) is 1. The quantitative estimate of drug-likeness (QED) is 0.874. The van der Waals surface area contributed by atoms with Gasteiger partial charge in [-0.3, -0.25) is 9.59 Å². The van der Waals surface area contributed by atoms with Crippen molar-refractivity contribution in [1.29, 1.82) is 0 Å². The second-order valence-corrected chi connectivity index (χ2v) is 9.47. The van der Waals surface area contributed by atoms with Crippen molar-refractivity contribution in [2.75, 3.05) is 39.3 Å². The zero-order valence-electron chi connectivity index (χ0n) is 16.1. The molecule has 2 amide bonds. The van der Waals surface area contributed by atoms with Crippen LogP contribution in [-0.2, 0) is 11.2 Å². The fraction of sp³-hybridized carbons (Fsp3) is 0.737. The summed E-state index contributed by atoms with van der Waals surface area (Å²) in [6.45, 7) is 10.4. The van der Waals surface area contributed by atoms with Gasteiger partial charge in [-0.05, 0) is 31.8 Å². The SMILES string of the molecule is CC(C)(C)C(=O)N1CCN(C(=O)c2cnc(CC3CCNCC3)s2)CC1. The Hall–Kier alpha value is -1.47. The van der Waals surface area contributed by atoms with Gasteiger partial charge in [0, 0.05) is 38.0 Å². The Morgan fingerprint density at radius 3 is 2.38 bits per heavy atom. The summed E-state index contributed by atoms with van der Waals surface area (Å²) >= 11 is 1.54. The third kappa shape index (κ3) is 4.62. The van der Waals surface area contributed by atoms with Crippen LogP contribution in [0.5, 0.6) is 0 Å². The van der Waals surface area contributed by atoms with Gasteiger partial charge in [0.25, 0.3) is 5.91 Å². The maximum absolute atomic E-state index is 12.8. The average molecular weight is 379 g/mol. The summed E-state index contributed by atoms with van der Waals surface area (Å²) < 4.78 is 0. The topological polar surface area (TPSA) is 65.5 Å². The highest BCUT2D eigenvalue weighted by atomic mass is 32.1. The number of nitrogens with one attached hydrogen (secondary N) is 1. The van der Waals surface area contributed by atoms with Gasteiger partial charge in [0.2, 0.25) is 5.91 Å². The second-order valence-electron chi connectivity index (χ2n) is 8.35. The molecule has 2 aliphatic rings. The maximum Gasteiger partial charge on any atom is 0.265 e. The van der Waals surface area contributed by atoms with E-state index in [-0.39, 0.29) is 17.2 Å². The largest absolute Gasteiger partial charge is 0.339 e. The molecule has 1 N–H and O–H groups in total. The highest BCUT2D eigenvalue weighted by molar-refractivity contribution is 7.13. The molecule has 26 heavy (non-hydrogen) atoms. The van der Waals surface area contributed by atoms with Crippen LogP contribution in [-0.4, -0.2) is 65.9 Å². The second kappa shape index (κ2) is 8.05. The third-order valence-electron chi connectivity index (χ3n) is 5.18. The van der Waals surface area contributed by atoms with Crippen molar-refractivity contribution in [2.45, 2.75) is 40.0 Å². The van der Waals surface area contributed by atoms with Crippen molar-refractivity contribution in [3.63, 3.8) is 0 Å². The normalized spacial score (nSPS) is 19.7. The van der Waals surface area contributed by atoms with E-state index in [1.165, 1.54) is 24.2 Å². The van der Waals surface area contributed by atoms with E-state index < -0.39 is 0 Å². The lowest BCUT2D eigenvalue weighted by Crippen LogP contribution is -2.52. The molecule has 1 aromatic rings. The Labute approximate surface area is 160 Å². The highest BCUT2D eigenvalue weighted by Crippen LogP contribution is 2.24. The number of piperidine rings is 1. The number of thiazole rings is 1. The van der Waals surface area contributed by atoms with Crippen LogP contribution < -0.4 is 5.32 Å². The standard InChI is InChI=1S/C19H30N4O2S/c1-19(2,3)18(25)23-10-8-22(9-11-23)17(24)15-13-21-16(26-15)12-14-4-6-20-7-5-14/h13-14,20H,4-12H2,1-3H3. The molecule has 0 aliphatic carbocycles. The average Bonchev–Trinajstić information content (AvgIpc) is 3.09. The smallest absolute Gasteiger partial charge is 0.265 e. The Balaban J connectivity index is 1.53. The molecule has 0 unspecified atom stereocenters. The molecule has 144 valence electrons. The van der Waals surface area contributed by atoms with Crippen LogP contribution in [0.2, 0.25) is 0 Å². The molecule has 2 saturated heterocycles. The van der Waals surface area contributed by atoms with Gasteiger partial charge in [0.1, 0.15) is 4.88 Å². The van der Waals surface area contributed by atoms with Crippen molar-refractivity contribution in [3.05, 3.63) is 16.1 Å².